The van der Waals surface area contributed by atoms with Crippen LogP contribution in [0.25, 0.3) is 0 Å². The number of anilines is 1. The molecule has 1 fully saturated rings. The van der Waals surface area contributed by atoms with Gasteiger partial charge in [0.25, 0.3) is 15.9 Å². The van der Waals surface area contributed by atoms with Crippen molar-refractivity contribution in [1.82, 2.24) is 10.2 Å². The summed E-state index contributed by atoms with van der Waals surface area (Å²) in [4.78, 5) is 15.8. The number of ether oxygens (including phenoxy) is 2. The molecule has 0 aromatic heterocycles. The molecule has 0 aliphatic carbocycles. The number of benzene rings is 3. The van der Waals surface area contributed by atoms with Crippen LogP contribution in [0.4, 0.5) is 5.69 Å². The summed E-state index contributed by atoms with van der Waals surface area (Å²) in [7, 11) is -2.43. The molecule has 0 radical (unpaired) electrons. The van der Waals surface area contributed by atoms with Crippen LogP contribution in [0.1, 0.15) is 36.0 Å². The molecule has 0 spiro atoms. The van der Waals surface area contributed by atoms with Crippen LogP contribution in [-0.4, -0.2) is 52.1 Å². The van der Waals surface area contributed by atoms with Crippen LogP contribution < -0.4 is 19.1 Å². The first kappa shape index (κ1) is 27.0. The standard InChI is InChI=1S/C30H35N3O5S/c1-22-9-14-28-27(17-22)33(39(35,36)26-12-10-25(37-2)11-13-26)21-29(38-28)30(34)31-19-23-7-6-8-24(18-23)20-32-15-4-3-5-16-32/h6-14,17-18,29H,3-5,15-16,19-21H2,1-2H3,(H,31,34)/t29-/m1/s1. The fourth-order valence-corrected chi connectivity index (χ4v) is 6.58. The number of amides is 1. The second-order valence-electron chi connectivity index (χ2n) is 10.2. The molecule has 3 aromatic rings. The van der Waals surface area contributed by atoms with E-state index in [1.165, 1.54) is 48.4 Å². The number of hydrogen-bond donors (Lipinski definition) is 1. The summed E-state index contributed by atoms with van der Waals surface area (Å²) >= 11 is 0. The van der Waals surface area contributed by atoms with Crippen molar-refractivity contribution in [2.45, 2.75) is 50.3 Å². The van der Waals surface area contributed by atoms with Crippen LogP contribution in [-0.2, 0) is 27.9 Å². The van der Waals surface area contributed by atoms with E-state index in [1.54, 1.807) is 24.3 Å². The highest BCUT2D eigenvalue weighted by Gasteiger charge is 2.37. The normalized spacial score (nSPS) is 17.7. The van der Waals surface area contributed by atoms with Crippen LogP contribution in [0.15, 0.2) is 71.6 Å². The third-order valence-electron chi connectivity index (χ3n) is 7.24. The minimum atomic E-state index is -3.96. The molecular formula is C30H35N3O5S. The first-order valence-corrected chi connectivity index (χ1v) is 14.8. The molecule has 1 atom stereocenters. The molecule has 1 amide bonds. The number of likely N-dealkylation sites (tertiary alicyclic amines) is 1. The van der Waals surface area contributed by atoms with Gasteiger partial charge >= 0.3 is 0 Å². The van der Waals surface area contributed by atoms with Crippen molar-refractivity contribution in [3.05, 3.63) is 83.4 Å². The molecular weight excluding hydrogens is 514 g/mol. The van der Waals surface area contributed by atoms with Crippen molar-refractivity contribution in [2.24, 2.45) is 0 Å². The number of hydrogen-bond acceptors (Lipinski definition) is 6. The molecule has 5 rings (SSSR count). The first-order chi connectivity index (χ1) is 18.8. The maximum absolute atomic E-state index is 13.7. The Morgan fingerprint density at radius 3 is 2.49 bits per heavy atom. The smallest absolute Gasteiger partial charge is 0.264 e. The second-order valence-corrected chi connectivity index (χ2v) is 12.0. The molecule has 1 N–H and O–H groups in total. The van der Waals surface area contributed by atoms with Gasteiger partial charge in [-0.15, -0.1) is 0 Å². The Bertz CT molecular complexity index is 1420. The van der Waals surface area contributed by atoms with Gasteiger partial charge in [-0.1, -0.05) is 36.8 Å². The van der Waals surface area contributed by atoms with E-state index in [9.17, 15) is 13.2 Å². The summed E-state index contributed by atoms with van der Waals surface area (Å²) in [6, 6.07) is 19.8. The number of carbonyl (C=O) groups excluding carboxylic acids is 1. The van der Waals surface area contributed by atoms with Gasteiger partial charge in [0.15, 0.2) is 6.10 Å². The molecule has 9 heteroatoms. The van der Waals surface area contributed by atoms with E-state index >= 15 is 0 Å². The lowest BCUT2D eigenvalue weighted by Gasteiger charge is -2.35. The highest BCUT2D eigenvalue weighted by atomic mass is 32.2. The minimum absolute atomic E-state index is 0.113. The fraction of sp³-hybridized carbons (Fsp3) is 0.367. The Kier molecular flexibility index (Phi) is 8.09. The largest absolute Gasteiger partial charge is 0.497 e. The summed E-state index contributed by atoms with van der Waals surface area (Å²) in [6.45, 7) is 5.23. The topological polar surface area (TPSA) is 88.2 Å². The van der Waals surface area contributed by atoms with Crippen molar-refractivity contribution < 1.29 is 22.7 Å². The lowest BCUT2D eigenvalue weighted by molar-refractivity contribution is -0.127. The number of piperidine rings is 1. The quantitative estimate of drug-likeness (QED) is 0.452. The molecule has 8 nitrogen and oxygen atoms in total. The van der Waals surface area contributed by atoms with E-state index in [0.717, 1.165) is 30.8 Å². The zero-order valence-corrected chi connectivity index (χ0v) is 23.2. The number of rotatable bonds is 8. The van der Waals surface area contributed by atoms with Crippen LogP contribution in [0.5, 0.6) is 11.5 Å². The lowest BCUT2D eigenvalue weighted by atomic mass is 10.1. The number of methoxy groups -OCH3 is 1. The summed E-state index contributed by atoms with van der Waals surface area (Å²) in [5, 5.41) is 2.95. The Hall–Kier alpha value is -3.56. The molecule has 3 aromatic carbocycles. The summed E-state index contributed by atoms with van der Waals surface area (Å²) in [5.41, 5.74) is 3.52. The molecule has 0 saturated carbocycles. The molecule has 2 aliphatic heterocycles. The predicted molar refractivity (Wildman–Crippen MR) is 151 cm³/mol. The fourth-order valence-electron chi connectivity index (χ4n) is 5.12. The van der Waals surface area contributed by atoms with Gasteiger partial charge in [0, 0.05) is 13.1 Å². The van der Waals surface area contributed by atoms with E-state index < -0.39 is 16.1 Å². The predicted octanol–water partition coefficient (Wildman–Crippen LogP) is 4.26. The average molecular weight is 550 g/mol. The lowest BCUT2D eigenvalue weighted by Crippen LogP contribution is -2.50. The number of nitrogens with zero attached hydrogens (tertiary/aromatic N) is 2. The molecule has 0 bridgehead atoms. The van der Waals surface area contributed by atoms with E-state index in [0.29, 0.717) is 23.7 Å². The Morgan fingerprint density at radius 1 is 1.00 bits per heavy atom. The van der Waals surface area contributed by atoms with Crippen LogP contribution in [0.2, 0.25) is 0 Å². The van der Waals surface area contributed by atoms with Gasteiger partial charge in [-0.05, 0) is 85.9 Å². The number of aryl methyl sites for hydroxylation is 1. The van der Waals surface area contributed by atoms with Crippen molar-refractivity contribution in [1.29, 1.82) is 0 Å². The number of nitrogens with one attached hydrogen (secondary N) is 1. The molecule has 2 aliphatic rings. The highest BCUT2D eigenvalue weighted by Crippen LogP contribution is 2.38. The summed E-state index contributed by atoms with van der Waals surface area (Å²) < 4.78 is 39.9. The molecule has 2 heterocycles. The van der Waals surface area contributed by atoms with Crippen LogP contribution in [0.3, 0.4) is 0 Å². The molecule has 1 saturated heterocycles. The van der Waals surface area contributed by atoms with Gasteiger partial charge in [0.2, 0.25) is 0 Å². The van der Waals surface area contributed by atoms with Gasteiger partial charge in [0.1, 0.15) is 11.5 Å². The van der Waals surface area contributed by atoms with Crippen molar-refractivity contribution in [3.8, 4) is 11.5 Å². The Labute approximate surface area is 230 Å². The third kappa shape index (κ3) is 6.20. The van der Waals surface area contributed by atoms with Gasteiger partial charge in [-0.2, -0.15) is 0 Å². The Morgan fingerprint density at radius 2 is 1.74 bits per heavy atom. The average Bonchev–Trinajstić information content (AvgIpc) is 2.96. The maximum atomic E-state index is 13.7. The molecule has 0 unspecified atom stereocenters. The first-order valence-electron chi connectivity index (χ1n) is 13.4. The second kappa shape index (κ2) is 11.7. The van der Waals surface area contributed by atoms with E-state index in [4.69, 9.17) is 9.47 Å². The van der Waals surface area contributed by atoms with Gasteiger partial charge < -0.3 is 14.8 Å². The third-order valence-corrected chi connectivity index (χ3v) is 9.03. The van der Waals surface area contributed by atoms with Gasteiger partial charge in [0.05, 0.1) is 24.2 Å². The van der Waals surface area contributed by atoms with E-state index in [1.807, 2.05) is 25.1 Å². The monoisotopic (exact) mass is 549 g/mol. The van der Waals surface area contributed by atoms with Crippen molar-refractivity contribution in [3.63, 3.8) is 0 Å². The van der Waals surface area contributed by atoms with Crippen molar-refractivity contribution >= 4 is 21.6 Å². The summed E-state index contributed by atoms with van der Waals surface area (Å²) in [6.07, 6.45) is 2.79. The maximum Gasteiger partial charge on any atom is 0.264 e. The van der Waals surface area contributed by atoms with E-state index in [-0.39, 0.29) is 17.3 Å². The van der Waals surface area contributed by atoms with Gasteiger partial charge in [-0.3, -0.25) is 14.0 Å². The number of fused-ring (bicyclic) bond motifs is 1. The Balaban J connectivity index is 1.31. The zero-order valence-electron chi connectivity index (χ0n) is 22.4. The highest BCUT2D eigenvalue weighted by molar-refractivity contribution is 7.92. The zero-order chi connectivity index (χ0) is 27.4. The molecule has 39 heavy (non-hydrogen) atoms. The van der Waals surface area contributed by atoms with Gasteiger partial charge in [-0.25, -0.2) is 8.42 Å². The number of carbonyl (C=O) groups is 1. The molecule has 206 valence electrons. The number of sulfonamides is 1. The summed E-state index contributed by atoms with van der Waals surface area (Å²) in [5.74, 6) is 0.551. The van der Waals surface area contributed by atoms with Crippen molar-refractivity contribution in [2.75, 3.05) is 31.0 Å². The van der Waals surface area contributed by atoms with Crippen LogP contribution >= 0.6 is 0 Å². The SMILES string of the molecule is COc1ccc(S(=O)(=O)N2C[C@H](C(=O)NCc3cccc(CN4CCCCC4)c3)Oc3ccc(C)cc32)cc1. The minimum Gasteiger partial charge on any atom is -0.497 e. The van der Waals surface area contributed by atoms with E-state index in [2.05, 4.69) is 22.3 Å². The van der Waals surface area contributed by atoms with Crippen LogP contribution in [0, 0.1) is 6.92 Å².